The number of ether oxygens (including phenoxy) is 2. The van der Waals surface area contributed by atoms with Crippen LogP contribution in [0.5, 0.6) is 0 Å². The maximum absolute atomic E-state index is 14.3. The maximum Gasteiger partial charge on any atom is 0.273 e. The Morgan fingerprint density at radius 3 is 2.68 bits per heavy atom. The topological polar surface area (TPSA) is 85.4 Å². The van der Waals surface area contributed by atoms with E-state index in [0.717, 1.165) is 24.8 Å². The van der Waals surface area contributed by atoms with Crippen molar-refractivity contribution in [3.63, 3.8) is 0 Å². The minimum Gasteiger partial charge on any atom is -0.363 e. The van der Waals surface area contributed by atoms with E-state index in [9.17, 15) is 13.6 Å². The van der Waals surface area contributed by atoms with Crippen molar-refractivity contribution in [2.24, 2.45) is 0 Å². The number of anilines is 1. The monoisotopic (exact) mass is 472 g/mol. The van der Waals surface area contributed by atoms with Gasteiger partial charge in [-0.05, 0) is 50.7 Å². The van der Waals surface area contributed by atoms with Gasteiger partial charge in [0.25, 0.3) is 5.92 Å². The minimum absolute atomic E-state index is 0.0761. The van der Waals surface area contributed by atoms with E-state index in [2.05, 4.69) is 27.5 Å². The van der Waals surface area contributed by atoms with Crippen molar-refractivity contribution in [3.05, 3.63) is 52.5 Å². The number of rotatable bonds is 7. The number of halogens is 2. The Kier molecular flexibility index (Phi) is 6.02. The zero-order valence-corrected chi connectivity index (χ0v) is 19.5. The van der Waals surface area contributed by atoms with E-state index in [1.807, 2.05) is 13.0 Å². The Morgan fingerprint density at radius 1 is 1.21 bits per heavy atom. The highest BCUT2D eigenvalue weighted by Gasteiger charge is 2.40. The lowest BCUT2D eigenvalue weighted by molar-refractivity contribution is -0.123. The van der Waals surface area contributed by atoms with Crippen LogP contribution in [0.3, 0.4) is 0 Å². The number of carbonyl (C=O) groups excluding carboxylic acids is 1. The molecule has 3 aliphatic rings. The standard InChI is InChI=1S/C25H30F2N4O3/c1-15(16-5-3-6-18-17(16)7-10-25(18,26)27)30-22-21(23-33-11-12-34-23)19(28-14-29-22)13-20(32)31-24(2)8-4-9-24/h3,5-6,14-15,23H,4,7-13H2,1-2H3,(H,31,32)(H,28,29,30). The van der Waals surface area contributed by atoms with Crippen molar-refractivity contribution in [3.8, 4) is 0 Å². The van der Waals surface area contributed by atoms with Gasteiger partial charge in [0.1, 0.15) is 12.1 Å². The summed E-state index contributed by atoms with van der Waals surface area (Å²) in [6, 6.07) is 4.75. The second-order valence-electron chi connectivity index (χ2n) is 9.74. The number of hydrogen-bond donors (Lipinski definition) is 2. The normalized spacial score (nSPS) is 21.5. The zero-order chi connectivity index (χ0) is 23.9. The van der Waals surface area contributed by atoms with Crippen LogP contribution in [0.2, 0.25) is 0 Å². The van der Waals surface area contributed by atoms with Crippen molar-refractivity contribution < 1.29 is 23.0 Å². The fourth-order valence-electron chi connectivity index (χ4n) is 5.16. The number of hydrogen-bond acceptors (Lipinski definition) is 6. The summed E-state index contributed by atoms with van der Waals surface area (Å²) in [6.07, 6.45) is 4.00. The summed E-state index contributed by atoms with van der Waals surface area (Å²) >= 11 is 0. The molecule has 1 aliphatic heterocycles. The summed E-state index contributed by atoms with van der Waals surface area (Å²) in [5.41, 5.74) is 2.55. The molecule has 1 atom stereocenters. The minimum atomic E-state index is -2.80. The van der Waals surface area contributed by atoms with Crippen LogP contribution >= 0.6 is 0 Å². The van der Waals surface area contributed by atoms with Gasteiger partial charge in [0, 0.05) is 17.5 Å². The summed E-state index contributed by atoms with van der Waals surface area (Å²) in [6.45, 7) is 4.83. The maximum atomic E-state index is 14.3. The van der Waals surface area contributed by atoms with Gasteiger partial charge < -0.3 is 20.1 Å². The highest BCUT2D eigenvalue weighted by molar-refractivity contribution is 5.79. The molecule has 182 valence electrons. The highest BCUT2D eigenvalue weighted by atomic mass is 19.3. The third-order valence-electron chi connectivity index (χ3n) is 7.17. The van der Waals surface area contributed by atoms with Gasteiger partial charge >= 0.3 is 0 Å². The predicted molar refractivity (Wildman–Crippen MR) is 121 cm³/mol. The Morgan fingerprint density at radius 2 is 1.97 bits per heavy atom. The first-order valence-electron chi connectivity index (χ1n) is 11.9. The third kappa shape index (κ3) is 4.38. The number of fused-ring (bicyclic) bond motifs is 1. The fourth-order valence-corrected chi connectivity index (χ4v) is 5.16. The van der Waals surface area contributed by atoms with E-state index in [1.165, 1.54) is 12.4 Å². The number of carbonyl (C=O) groups is 1. The summed E-state index contributed by atoms with van der Waals surface area (Å²) < 4.78 is 40.1. The molecule has 2 fully saturated rings. The molecule has 2 heterocycles. The van der Waals surface area contributed by atoms with Gasteiger partial charge in [0.05, 0.1) is 36.9 Å². The first kappa shape index (κ1) is 23.1. The van der Waals surface area contributed by atoms with Crippen molar-refractivity contribution in [1.82, 2.24) is 15.3 Å². The molecule has 2 N–H and O–H groups in total. The summed E-state index contributed by atoms with van der Waals surface area (Å²) in [5, 5.41) is 6.47. The summed E-state index contributed by atoms with van der Waals surface area (Å²) in [5.74, 6) is -2.43. The molecule has 2 aromatic rings. The lowest BCUT2D eigenvalue weighted by Crippen LogP contribution is -2.51. The van der Waals surface area contributed by atoms with Gasteiger partial charge in [-0.2, -0.15) is 0 Å². The lowest BCUT2D eigenvalue weighted by atomic mass is 9.78. The largest absolute Gasteiger partial charge is 0.363 e. The highest BCUT2D eigenvalue weighted by Crippen LogP contribution is 2.44. The van der Waals surface area contributed by atoms with Gasteiger partial charge in [-0.25, -0.2) is 18.7 Å². The van der Waals surface area contributed by atoms with Gasteiger partial charge in [0.2, 0.25) is 5.91 Å². The van der Waals surface area contributed by atoms with E-state index in [4.69, 9.17) is 9.47 Å². The number of aromatic nitrogens is 2. The van der Waals surface area contributed by atoms with Gasteiger partial charge in [-0.15, -0.1) is 0 Å². The summed E-state index contributed by atoms with van der Waals surface area (Å²) in [4.78, 5) is 21.6. The molecule has 1 saturated carbocycles. The molecule has 34 heavy (non-hydrogen) atoms. The number of nitrogens with one attached hydrogen (secondary N) is 2. The van der Waals surface area contributed by atoms with Crippen LogP contribution in [0.1, 0.15) is 79.8 Å². The molecule has 1 aromatic carbocycles. The van der Waals surface area contributed by atoms with E-state index in [-0.39, 0.29) is 35.9 Å². The average molecular weight is 473 g/mol. The molecule has 1 unspecified atom stereocenters. The zero-order valence-electron chi connectivity index (χ0n) is 19.5. The Hall–Kier alpha value is -2.65. The molecule has 1 aromatic heterocycles. The van der Waals surface area contributed by atoms with Crippen LogP contribution in [0.15, 0.2) is 24.5 Å². The molecule has 0 bridgehead atoms. The molecular formula is C25H30F2N4O3. The fraction of sp³-hybridized carbons (Fsp3) is 0.560. The molecule has 7 nitrogen and oxygen atoms in total. The van der Waals surface area contributed by atoms with E-state index >= 15 is 0 Å². The Bertz CT molecular complexity index is 1080. The molecular weight excluding hydrogens is 442 g/mol. The first-order chi connectivity index (χ1) is 16.3. The van der Waals surface area contributed by atoms with Crippen LogP contribution < -0.4 is 10.6 Å². The van der Waals surface area contributed by atoms with Gasteiger partial charge in [0.15, 0.2) is 6.29 Å². The van der Waals surface area contributed by atoms with Gasteiger partial charge in [-0.1, -0.05) is 18.2 Å². The van der Waals surface area contributed by atoms with Crippen molar-refractivity contribution in [2.75, 3.05) is 18.5 Å². The van der Waals surface area contributed by atoms with Crippen molar-refractivity contribution >= 4 is 11.7 Å². The van der Waals surface area contributed by atoms with Crippen LogP contribution in [0.25, 0.3) is 0 Å². The Labute approximate surface area is 197 Å². The molecule has 0 spiro atoms. The first-order valence-corrected chi connectivity index (χ1v) is 11.9. The van der Waals surface area contributed by atoms with Gasteiger partial charge in [-0.3, -0.25) is 4.79 Å². The number of alkyl halides is 2. The number of nitrogens with zero attached hydrogens (tertiary/aromatic N) is 2. The molecule has 0 radical (unpaired) electrons. The molecule has 1 saturated heterocycles. The van der Waals surface area contributed by atoms with E-state index in [1.54, 1.807) is 6.07 Å². The van der Waals surface area contributed by atoms with Crippen LogP contribution in [0.4, 0.5) is 14.6 Å². The lowest BCUT2D eigenvalue weighted by Gasteiger charge is -2.39. The SMILES string of the molecule is CC(Nc1ncnc(CC(=O)NC2(C)CCC2)c1C1OCCO1)c1cccc2c1CCC2(F)F. The summed E-state index contributed by atoms with van der Waals surface area (Å²) in [7, 11) is 0. The second-order valence-corrected chi connectivity index (χ2v) is 9.74. The van der Waals surface area contributed by atoms with Crippen LogP contribution in [-0.2, 0) is 33.0 Å². The second kappa shape index (κ2) is 8.85. The number of benzene rings is 1. The Balaban J connectivity index is 1.42. The van der Waals surface area contributed by atoms with Crippen molar-refractivity contribution in [1.29, 1.82) is 0 Å². The van der Waals surface area contributed by atoms with Crippen LogP contribution in [0, 0.1) is 0 Å². The quantitative estimate of drug-likeness (QED) is 0.624. The molecule has 2 aliphatic carbocycles. The number of amides is 1. The van der Waals surface area contributed by atoms with Crippen LogP contribution in [-0.4, -0.2) is 34.6 Å². The third-order valence-corrected chi connectivity index (χ3v) is 7.17. The van der Waals surface area contributed by atoms with E-state index in [0.29, 0.717) is 42.3 Å². The predicted octanol–water partition coefficient (Wildman–Crippen LogP) is 4.33. The average Bonchev–Trinajstić information content (AvgIpc) is 3.41. The smallest absolute Gasteiger partial charge is 0.273 e. The molecule has 9 heteroatoms. The van der Waals surface area contributed by atoms with Crippen molar-refractivity contribution in [2.45, 2.75) is 76.2 Å². The van der Waals surface area contributed by atoms with E-state index < -0.39 is 12.2 Å². The molecule has 5 rings (SSSR count). The molecule has 1 amide bonds.